The van der Waals surface area contributed by atoms with E-state index in [1.807, 2.05) is 0 Å². The molecule has 0 aromatic heterocycles. The van der Waals surface area contributed by atoms with Gasteiger partial charge in [-0.05, 0) is 18.1 Å². The molecule has 0 fully saturated rings. The van der Waals surface area contributed by atoms with E-state index in [1.165, 1.54) is 12.1 Å². The third-order valence-corrected chi connectivity index (χ3v) is 2.89. The lowest BCUT2D eigenvalue weighted by Gasteiger charge is -2.14. The summed E-state index contributed by atoms with van der Waals surface area (Å²) in [6.07, 6.45) is -0.316. The molecule has 1 unspecified atom stereocenters. The van der Waals surface area contributed by atoms with Crippen molar-refractivity contribution < 1.29 is 22.0 Å². The van der Waals surface area contributed by atoms with Crippen molar-refractivity contribution in [2.24, 2.45) is 5.73 Å². The zero-order chi connectivity index (χ0) is 14.9. The van der Waals surface area contributed by atoms with E-state index in [2.05, 4.69) is 0 Å². The number of hydrogen-bond acceptors (Lipinski definition) is 1. The van der Waals surface area contributed by atoms with Gasteiger partial charge < -0.3 is 5.73 Å². The third-order valence-electron chi connectivity index (χ3n) is 2.89. The van der Waals surface area contributed by atoms with E-state index < -0.39 is 40.7 Å². The maximum absolute atomic E-state index is 13.5. The second kappa shape index (κ2) is 5.58. The second-order valence-corrected chi connectivity index (χ2v) is 4.31. The van der Waals surface area contributed by atoms with Crippen molar-refractivity contribution in [1.82, 2.24) is 0 Å². The fraction of sp³-hybridized carbons (Fsp3) is 0.143. The third kappa shape index (κ3) is 2.80. The van der Waals surface area contributed by atoms with Crippen LogP contribution in [0.1, 0.15) is 17.2 Å². The molecule has 6 heteroatoms. The van der Waals surface area contributed by atoms with Gasteiger partial charge in [-0.1, -0.05) is 12.1 Å². The van der Waals surface area contributed by atoms with Gasteiger partial charge in [0, 0.05) is 23.7 Å². The van der Waals surface area contributed by atoms with Gasteiger partial charge in [-0.25, -0.2) is 22.0 Å². The average molecular weight is 287 g/mol. The van der Waals surface area contributed by atoms with E-state index in [9.17, 15) is 22.0 Å². The number of benzene rings is 2. The number of rotatable bonds is 3. The highest BCUT2D eigenvalue weighted by molar-refractivity contribution is 5.27. The minimum absolute atomic E-state index is 0.111. The predicted octanol–water partition coefficient (Wildman–Crippen LogP) is 3.62. The zero-order valence-electron chi connectivity index (χ0n) is 10.1. The van der Waals surface area contributed by atoms with Crippen LogP contribution >= 0.6 is 0 Å². The Labute approximate surface area is 111 Å². The maximum Gasteiger partial charge on any atom is 0.162 e. The first-order valence-electron chi connectivity index (χ1n) is 5.73. The average Bonchev–Trinajstić information content (AvgIpc) is 2.33. The van der Waals surface area contributed by atoms with E-state index in [1.54, 1.807) is 0 Å². The summed E-state index contributed by atoms with van der Waals surface area (Å²) in [7, 11) is 0. The molecule has 0 bridgehead atoms. The van der Waals surface area contributed by atoms with E-state index in [0.29, 0.717) is 12.1 Å². The van der Waals surface area contributed by atoms with Crippen molar-refractivity contribution in [2.45, 2.75) is 12.5 Å². The molecule has 2 rings (SSSR count). The van der Waals surface area contributed by atoms with E-state index >= 15 is 0 Å². The van der Waals surface area contributed by atoms with Crippen LogP contribution in [0.3, 0.4) is 0 Å². The summed E-state index contributed by atoms with van der Waals surface area (Å²) in [4.78, 5) is 0. The van der Waals surface area contributed by atoms with Crippen LogP contribution in [0.5, 0.6) is 0 Å². The van der Waals surface area contributed by atoms with Gasteiger partial charge in [0.25, 0.3) is 0 Å². The van der Waals surface area contributed by atoms with Gasteiger partial charge in [-0.3, -0.25) is 0 Å². The summed E-state index contributed by atoms with van der Waals surface area (Å²) in [6.45, 7) is 0. The first kappa shape index (κ1) is 14.5. The van der Waals surface area contributed by atoms with Crippen molar-refractivity contribution in [3.63, 3.8) is 0 Å². The first-order valence-corrected chi connectivity index (χ1v) is 5.73. The molecule has 106 valence electrons. The SMILES string of the molecule is NC(Cc1cccc(F)c1F)c1c(F)cc(F)cc1F. The van der Waals surface area contributed by atoms with Gasteiger partial charge in [0.05, 0.1) is 0 Å². The van der Waals surface area contributed by atoms with Gasteiger partial charge in [-0.15, -0.1) is 0 Å². The summed E-state index contributed by atoms with van der Waals surface area (Å²) >= 11 is 0. The molecule has 2 aromatic carbocycles. The van der Waals surface area contributed by atoms with Gasteiger partial charge in [-0.2, -0.15) is 0 Å². The van der Waals surface area contributed by atoms with Crippen LogP contribution in [0.25, 0.3) is 0 Å². The predicted molar refractivity (Wildman–Crippen MR) is 63.3 cm³/mol. The lowest BCUT2D eigenvalue weighted by Crippen LogP contribution is -2.18. The van der Waals surface area contributed by atoms with Gasteiger partial charge in [0.15, 0.2) is 11.6 Å². The number of nitrogens with two attached hydrogens (primary N) is 1. The summed E-state index contributed by atoms with van der Waals surface area (Å²) in [5.74, 6) is -5.59. The Morgan fingerprint density at radius 3 is 2.10 bits per heavy atom. The molecular formula is C14H10F5N. The molecule has 1 atom stereocenters. The molecule has 0 saturated carbocycles. The minimum atomic E-state index is -1.26. The van der Waals surface area contributed by atoms with Crippen LogP contribution in [0.4, 0.5) is 22.0 Å². The zero-order valence-corrected chi connectivity index (χ0v) is 10.1. The lowest BCUT2D eigenvalue weighted by molar-refractivity contribution is 0.481. The molecule has 0 aliphatic carbocycles. The Balaban J connectivity index is 2.33. The summed E-state index contributed by atoms with van der Waals surface area (Å²) in [5.41, 5.74) is 4.94. The van der Waals surface area contributed by atoms with Gasteiger partial charge in [0.1, 0.15) is 17.5 Å². The van der Waals surface area contributed by atoms with Crippen LogP contribution < -0.4 is 5.73 Å². The Hall–Kier alpha value is -1.95. The fourth-order valence-electron chi connectivity index (χ4n) is 1.95. The molecular weight excluding hydrogens is 277 g/mol. The Kier molecular flexibility index (Phi) is 4.04. The van der Waals surface area contributed by atoms with Crippen LogP contribution in [-0.4, -0.2) is 0 Å². The molecule has 20 heavy (non-hydrogen) atoms. The quantitative estimate of drug-likeness (QED) is 0.857. The van der Waals surface area contributed by atoms with Crippen molar-refractivity contribution >= 4 is 0 Å². The van der Waals surface area contributed by atoms with Gasteiger partial charge in [0.2, 0.25) is 0 Å². The molecule has 0 spiro atoms. The monoisotopic (exact) mass is 287 g/mol. The van der Waals surface area contributed by atoms with Crippen LogP contribution in [0.2, 0.25) is 0 Å². The summed E-state index contributed by atoms with van der Waals surface area (Å²) in [5, 5.41) is 0. The van der Waals surface area contributed by atoms with Crippen molar-refractivity contribution in [3.05, 3.63) is 70.5 Å². The molecule has 0 heterocycles. The van der Waals surface area contributed by atoms with E-state index in [4.69, 9.17) is 5.73 Å². The topological polar surface area (TPSA) is 26.0 Å². The van der Waals surface area contributed by atoms with E-state index in [-0.39, 0.29) is 12.0 Å². The standard InChI is InChI=1S/C14H10F5N/c15-8-5-10(17)13(11(18)6-8)12(20)4-7-2-1-3-9(16)14(7)19/h1-3,5-6,12H,4,20H2. The van der Waals surface area contributed by atoms with Gasteiger partial charge >= 0.3 is 0 Å². The van der Waals surface area contributed by atoms with Crippen LogP contribution in [0, 0.1) is 29.1 Å². The highest BCUT2D eigenvalue weighted by Gasteiger charge is 2.20. The molecule has 2 aromatic rings. The largest absolute Gasteiger partial charge is 0.323 e. The maximum atomic E-state index is 13.5. The Morgan fingerprint density at radius 1 is 0.900 bits per heavy atom. The molecule has 0 aliphatic heterocycles. The smallest absolute Gasteiger partial charge is 0.162 e. The van der Waals surface area contributed by atoms with Crippen molar-refractivity contribution in [1.29, 1.82) is 0 Å². The fourth-order valence-corrected chi connectivity index (χ4v) is 1.95. The molecule has 2 N–H and O–H groups in total. The molecule has 0 aliphatic rings. The molecule has 0 amide bonds. The lowest BCUT2D eigenvalue weighted by atomic mass is 9.98. The molecule has 0 saturated heterocycles. The molecule has 0 radical (unpaired) electrons. The summed E-state index contributed by atoms with van der Waals surface area (Å²) < 4.78 is 66.3. The summed E-state index contributed by atoms with van der Waals surface area (Å²) in [6, 6.07) is 3.16. The van der Waals surface area contributed by atoms with Crippen LogP contribution in [0.15, 0.2) is 30.3 Å². The minimum Gasteiger partial charge on any atom is -0.323 e. The van der Waals surface area contributed by atoms with E-state index in [0.717, 1.165) is 6.07 Å². The highest BCUT2D eigenvalue weighted by Crippen LogP contribution is 2.24. The second-order valence-electron chi connectivity index (χ2n) is 4.31. The normalized spacial score (nSPS) is 12.5. The number of hydrogen-bond donors (Lipinski definition) is 1. The number of halogens is 5. The highest BCUT2D eigenvalue weighted by atomic mass is 19.2. The first-order chi connectivity index (χ1) is 9.40. The van der Waals surface area contributed by atoms with Crippen LogP contribution in [-0.2, 0) is 6.42 Å². The Bertz CT molecular complexity index is 618. The molecule has 1 nitrogen and oxygen atoms in total. The Morgan fingerprint density at radius 2 is 1.50 bits per heavy atom. The van der Waals surface area contributed by atoms with Crippen molar-refractivity contribution in [3.8, 4) is 0 Å². The van der Waals surface area contributed by atoms with Crippen molar-refractivity contribution in [2.75, 3.05) is 0 Å².